The molecule has 24 heavy (non-hydrogen) atoms. The van der Waals surface area contributed by atoms with E-state index in [1.807, 2.05) is 0 Å². The summed E-state index contributed by atoms with van der Waals surface area (Å²) in [7, 11) is 0. The van der Waals surface area contributed by atoms with Gasteiger partial charge in [-0.05, 0) is 45.3 Å². The Bertz CT molecular complexity index is 575. The standard InChI is InChI=1S/C17H26N4O3/c1-14-16(21(22)23)5-6-17(18-14)20-10-7-15(13-20)24-12-11-19-8-3-2-4-9-19/h5-6,15H,2-4,7-13H2,1H3. The first-order valence-corrected chi connectivity index (χ1v) is 8.84. The lowest BCUT2D eigenvalue weighted by Gasteiger charge is -2.26. The number of hydrogen-bond acceptors (Lipinski definition) is 6. The summed E-state index contributed by atoms with van der Waals surface area (Å²) in [4.78, 5) is 19.5. The molecule has 0 N–H and O–H groups in total. The van der Waals surface area contributed by atoms with Crippen LogP contribution in [0, 0.1) is 17.0 Å². The molecule has 0 aliphatic carbocycles. The number of nitrogens with zero attached hydrogens (tertiary/aromatic N) is 4. The van der Waals surface area contributed by atoms with E-state index in [1.165, 1.54) is 32.4 Å². The number of aryl methyl sites for hydroxylation is 1. The van der Waals surface area contributed by atoms with Crippen molar-refractivity contribution in [1.82, 2.24) is 9.88 Å². The van der Waals surface area contributed by atoms with Crippen molar-refractivity contribution in [2.75, 3.05) is 44.2 Å². The molecule has 0 radical (unpaired) electrons. The SMILES string of the molecule is Cc1nc(N2CCC(OCCN3CCCCC3)C2)ccc1[N+](=O)[O-]. The van der Waals surface area contributed by atoms with Gasteiger partial charge in [0.25, 0.3) is 5.69 Å². The molecule has 1 aromatic rings. The highest BCUT2D eigenvalue weighted by Gasteiger charge is 2.25. The minimum atomic E-state index is -0.386. The number of pyridine rings is 1. The van der Waals surface area contributed by atoms with Crippen LogP contribution in [0.5, 0.6) is 0 Å². The first-order valence-electron chi connectivity index (χ1n) is 8.84. The van der Waals surface area contributed by atoms with Gasteiger partial charge in [-0.2, -0.15) is 0 Å². The lowest BCUT2D eigenvalue weighted by Crippen LogP contribution is -2.34. The molecule has 2 fully saturated rings. The van der Waals surface area contributed by atoms with E-state index in [4.69, 9.17) is 4.74 Å². The van der Waals surface area contributed by atoms with Gasteiger partial charge < -0.3 is 14.5 Å². The molecule has 0 spiro atoms. The molecule has 0 saturated carbocycles. The third kappa shape index (κ3) is 4.21. The average molecular weight is 334 g/mol. The van der Waals surface area contributed by atoms with E-state index < -0.39 is 0 Å². The maximum absolute atomic E-state index is 10.9. The molecular weight excluding hydrogens is 308 g/mol. The molecular formula is C17H26N4O3. The zero-order chi connectivity index (χ0) is 16.9. The van der Waals surface area contributed by atoms with Gasteiger partial charge in [-0.25, -0.2) is 4.98 Å². The summed E-state index contributed by atoms with van der Waals surface area (Å²) in [5.41, 5.74) is 0.541. The van der Waals surface area contributed by atoms with Crippen molar-refractivity contribution in [3.05, 3.63) is 27.9 Å². The molecule has 7 heteroatoms. The van der Waals surface area contributed by atoms with Crippen molar-refractivity contribution >= 4 is 11.5 Å². The van der Waals surface area contributed by atoms with Crippen LogP contribution in [0.1, 0.15) is 31.4 Å². The first kappa shape index (κ1) is 17.1. The van der Waals surface area contributed by atoms with Crippen molar-refractivity contribution in [2.24, 2.45) is 0 Å². The molecule has 0 amide bonds. The van der Waals surface area contributed by atoms with E-state index in [1.54, 1.807) is 19.1 Å². The van der Waals surface area contributed by atoms with Gasteiger partial charge in [-0.3, -0.25) is 10.1 Å². The van der Waals surface area contributed by atoms with Crippen LogP contribution in [-0.4, -0.2) is 60.2 Å². The minimum Gasteiger partial charge on any atom is -0.375 e. The molecule has 2 aliphatic heterocycles. The van der Waals surface area contributed by atoms with Crippen molar-refractivity contribution < 1.29 is 9.66 Å². The highest BCUT2D eigenvalue weighted by Crippen LogP contribution is 2.24. The number of aromatic nitrogens is 1. The molecule has 2 saturated heterocycles. The monoisotopic (exact) mass is 334 g/mol. The Kier molecular flexibility index (Phi) is 5.63. The Balaban J connectivity index is 1.46. The zero-order valence-corrected chi connectivity index (χ0v) is 14.3. The smallest absolute Gasteiger partial charge is 0.290 e. The summed E-state index contributed by atoms with van der Waals surface area (Å²) < 4.78 is 6.03. The van der Waals surface area contributed by atoms with E-state index in [0.29, 0.717) is 5.69 Å². The Morgan fingerprint density at radius 1 is 1.29 bits per heavy atom. The number of anilines is 1. The molecule has 1 unspecified atom stereocenters. The van der Waals surface area contributed by atoms with Crippen LogP contribution in [0.3, 0.4) is 0 Å². The third-order valence-corrected chi connectivity index (χ3v) is 4.92. The fourth-order valence-corrected chi connectivity index (χ4v) is 3.51. The topological polar surface area (TPSA) is 71.7 Å². The number of piperidine rings is 1. The Labute approximate surface area is 142 Å². The molecule has 0 aromatic carbocycles. The average Bonchev–Trinajstić information content (AvgIpc) is 3.04. The summed E-state index contributed by atoms with van der Waals surface area (Å²) in [5, 5.41) is 10.9. The number of ether oxygens (including phenoxy) is 1. The molecule has 1 atom stereocenters. The number of nitro groups is 1. The van der Waals surface area contributed by atoms with Gasteiger partial charge in [-0.1, -0.05) is 6.42 Å². The quantitative estimate of drug-likeness (QED) is 0.587. The van der Waals surface area contributed by atoms with Crippen molar-refractivity contribution in [1.29, 1.82) is 0 Å². The largest absolute Gasteiger partial charge is 0.375 e. The molecule has 132 valence electrons. The fourth-order valence-electron chi connectivity index (χ4n) is 3.51. The Morgan fingerprint density at radius 2 is 2.08 bits per heavy atom. The Morgan fingerprint density at radius 3 is 2.79 bits per heavy atom. The maximum atomic E-state index is 10.9. The molecule has 3 rings (SSSR count). The highest BCUT2D eigenvalue weighted by molar-refractivity contribution is 5.47. The number of likely N-dealkylation sites (tertiary alicyclic amines) is 1. The lowest BCUT2D eigenvalue weighted by molar-refractivity contribution is -0.385. The van der Waals surface area contributed by atoms with Crippen LogP contribution in [0.4, 0.5) is 11.5 Å². The minimum absolute atomic E-state index is 0.0762. The van der Waals surface area contributed by atoms with Crippen LogP contribution >= 0.6 is 0 Å². The number of rotatable bonds is 6. The van der Waals surface area contributed by atoms with E-state index in [-0.39, 0.29) is 16.7 Å². The zero-order valence-electron chi connectivity index (χ0n) is 14.3. The van der Waals surface area contributed by atoms with Gasteiger partial charge in [0.1, 0.15) is 11.5 Å². The van der Waals surface area contributed by atoms with Gasteiger partial charge in [0.2, 0.25) is 0 Å². The first-order chi connectivity index (χ1) is 11.6. The van der Waals surface area contributed by atoms with E-state index >= 15 is 0 Å². The van der Waals surface area contributed by atoms with Crippen LogP contribution in [-0.2, 0) is 4.74 Å². The summed E-state index contributed by atoms with van der Waals surface area (Å²) >= 11 is 0. The predicted molar refractivity (Wildman–Crippen MR) is 92.5 cm³/mol. The maximum Gasteiger partial charge on any atom is 0.290 e. The molecule has 0 bridgehead atoms. The lowest BCUT2D eigenvalue weighted by atomic mass is 10.1. The second-order valence-electron chi connectivity index (χ2n) is 6.66. The summed E-state index contributed by atoms with van der Waals surface area (Å²) in [6.07, 6.45) is 5.19. The molecule has 1 aromatic heterocycles. The van der Waals surface area contributed by atoms with Crippen LogP contribution in [0.2, 0.25) is 0 Å². The van der Waals surface area contributed by atoms with E-state index in [9.17, 15) is 10.1 Å². The van der Waals surface area contributed by atoms with Crippen LogP contribution in [0.25, 0.3) is 0 Å². The van der Waals surface area contributed by atoms with Gasteiger partial charge in [0.15, 0.2) is 0 Å². The third-order valence-electron chi connectivity index (χ3n) is 4.92. The molecule has 7 nitrogen and oxygen atoms in total. The van der Waals surface area contributed by atoms with Gasteiger partial charge >= 0.3 is 0 Å². The molecule has 3 heterocycles. The van der Waals surface area contributed by atoms with Gasteiger partial charge in [-0.15, -0.1) is 0 Å². The van der Waals surface area contributed by atoms with Gasteiger partial charge in [0.05, 0.1) is 17.6 Å². The highest BCUT2D eigenvalue weighted by atomic mass is 16.6. The summed E-state index contributed by atoms with van der Waals surface area (Å²) in [5.74, 6) is 0.806. The van der Waals surface area contributed by atoms with E-state index in [0.717, 1.165) is 38.5 Å². The van der Waals surface area contributed by atoms with Crippen LogP contribution < -0.4 is 4.90 Å². The second kappa shape index (κ2) is 7.90. The summed E-state index contributed by atoms with van der Waals surface area (Å²) in [6, 6.07) is 3.28. The number of hydrogen-bond donors (Lipinski definition) is 0. The van der Waals surface area contributed by atoms with Crippen LogP contribution in [0.15, 0.2) is 12.1 Å². The van der Waals surface area contributed by atoms with Crippen molar-refractivity contribution in [3.63, 3.8) is 0 Å². The Hall–Kier alpha value is -1.73. The van der Waals surface area contributed by atoms with Gasteiger partial charge in [0, 0.05) is 25.7 Å². The van der Waals surface area contributed by atoms with E-state index in [2.05, 4.69) is 14.8 Å². The summed E-state index contributed by atoms with van der Waals surface area (Å²) in [6.45, 7) is 7.59. The van der Waals surface area contributed by atoms with Crippen molar-refractivity contribution in [3.8, 4) is 0 Å². The molecule has 2 aliphatic rings. The van der Waals surface area contributed by atoms with Crippen molar-refractivity contribution in [2.45, 2.75) is 38.7 Å². The predicted octanol–water partition coefficient (Wildman–Crippen LogP) is 2.38. The normalized spacial score (nSPS) is 22.0. The second-order valence-corrected chi connectivity index (χ2v) is 6.66. The fraction of sp³-hybridized carbons (Fsp3) is 0.706.